The molecule has 154 valence electrons. The van der Waals surface area contributed by atoms with Gasteiger partial charge in [0.25, 0.3) is 0 Å². The second-order valence-electron chi connectivity index (χ2n) is 6.73. The number of benzene rings is 1. The molecular formula is C20H35IN4O2. The smallest absolute Gasteiger partial charge is 0.195 e. The molecule has 1 aromatic rings. The molecule has 27 heavy (non-hydrogen) atoms. The van der Waals surface area contributed by atoms with E-state index in [0.29, 0.717) is 11.5 Å². The zero-order chi connectivity index (χ0) is 18.8. The van der Waals surface area contributed by atoms with Crippen molar-refractivity contribution in [2.45, 2.75) is 45.1 Å². The molecule has 1 saturated carbocycles. The van der Waals surface area contributed by atoms with Crippen molar-refractivity contribution in [3.63, 3.8) is 0 Å². The summed E-state index contributed by atoms with van der Waals surface area (Å²) >= 11 is 0. The van der Waals surface area contributed by atoms with Gasteiger partial charge in [0, 0.05) is 30.9 Å². The molecule has 1 aliphatic rings. The largest absolute Gasteiger partial charge is 0.493 e. The summed E-state index contributed by atoms with van der Waals surface area (Å²) in [4.78, 5) is 7.18. The molecule has 0 saturated heterocycles. The minimum Gasteiger partial charge on any atom is -0.493 e. The number of nitrogens with zero attached hydrogens (tertiary/aromatic N) is 2. The molecule has 0 amide bonds. The van der Waals surface area contributed by atoms with Crippen LogP contribution in [0.5, 0.6) is 11.5 Å². The first-order valence-corrected chi connectivity index (χ1v) is 9.65. The van der Waals surface area contributed by atoms with E-state index in [-0.39, 0.29) is 24.0 Å². The Morgan fingerprint density at radius 2 is 1.85 bits per heavy atom. The molecule has 2 N–H and O–H groups in total. The lowest BCUT2D eigenvalue weighted by atomic mass is 9.94. The topological polar surface area (TPSA) is 58.1 Å². The molecule has 7 heteroatoms. The summed E-state index contributed by atoms with van der Waals surface area (Å²) in [5.41, 5.74) is 0.919. The first kappa shape index (κ1) is 23.8. The van der Waals surface area contributed by atoms with Gasteiger partial charge in [0.15, 0.2) is 17.5 Å². The Morgan fingerprint density at radius 3 is 2.48 bits per heavy atom. The highest BCUT2D eigenvalue weighted by Crippen LogP contribution is 2.29. The van der Waals surface area contributed by atoms with E-state index in [2.05, 4.69) is 29.5 Å². The standard InChI is InChI=1S/C20H34N4O2.HI/c1-5-21-20(22-13-14-24(2)17-9-7-6-8-10-17)23-16-11-12-18(25-3)19(15-16)26-4;/h11-12,15,17H,5-10,13-14H2,1-4H3,(H2,21,22,23);1H. The summed E-state index contributed by atoms with van der Waals surface area (Å²) in [6.07, 6.45) is 6.76. The van der Waals surface area contributed by atoms with Crippen molar-refractivity contribution in [1.29, 1.82) is 0 Å². The summed E-state index contributed by atoms with van der Waals surface area (Å²) in [5, 5.41) is 6.64. The Hall–Kier alpha value is -1.22. The molecule has 0 heterocycles. The molecule has 1 aromatic carbocycles. The van der Waals surface area contributed by atoms with Crippen molar-refractivity contribution < 1.29 is 9.47 Å². The van der Waals surface area contributed by atoms with Gasteiger partial charge in [-0.25, -0.2) is 0 Å². The molecule has 0 aliphatic heterocycles. The molecule has 0 radical (unpaired) electrons. The SMILES string of the molecule is CCNC(=NCCN(C)C1CCCCC1)Nc1ccc(OC)c(OC)c1.I. The van der Waals surface area contributed by atoms with Crippen LogP contribution in [0, 0.1) is 0 Å². The van der Waals surface area contributed by atoms with Gasteiger partial charge in [-0.1, -0.05) is 19.3 Å². The quantitative estimate of drug-likeness (QED) is 0.328. The fraction of sp³-hybridized carbons (Fsp3) is 0.650. The predicted octanol–water partition coefficient (Wildman–Crippen LogP) is 3.96. The summed E-state index contributed by atoms with van der Waals surface area (Å²) in [5.74, 6) is 2.20. The fourth-order valence-electron chi connectivity index (χ4n) is 3.38. The van der Waals surface area contributed by atoms with Crippen molar-refractivity contribution >= 4 is 35.6 Å². The van der Waals surface area contributed by atoms with Crippen molar-refractivity contribution in [2.75, 3.05) is 46.2 Å². The van der Waals surface area contributed by atoms with Crippen molar-refractivity contribution in [3.05, 3.63) is 18.2 Å². The maximum Gasteiger partial charge on any atom is 0.195 e. The average molecular weight is 490 g/mol. The van der Waals surface area contributed by atoms with Gasteiger partial charge >= 0.3 is 0 Å². The van der Waals surface area contributed by atoms with E-state index in [1.165, 1.54) is 32.1 Å². The lowest BCUT2D eigenvalue weighted by Gasteiger charge is -2.30. The number of hydrogen-bond donors (Lipinski definition) is 2. The molecular weight excluding hydrogens is 455 g/mol. The number of nitrogens with one attached hydrogen (secondary N) is 2. The van der Waals surface area contributed by atoms with Crippen LogP contribution in [0.1, 0.15) is 39.0 Å². The number of anilines is 1. The van der Waals surface area contributed by atoms with Gasteiger partial charge in [0.2, 0.25) is 0 Å². The monoisotopic (exact) mass is 490 g/mol. The predicted molar refractivity (Wildman–Crippen MR) is 124 cm³/mol. The van der Waals surface area contributed by atoms with Gasteiger partial charge in [-0.05, 0) is 38.9 Å². The second kappa shape index (κ2) is 13.0. The number of likely N-dealkylation sites (N-methyl/N-ethyl adjacent to an activating group) is 1. The molecule has 0 unspecified atom stereocenters. The Morgan fingerprint density at radius 1 is 1.15 bits per heavy atom. The van der Waals surface area contributed by atoms with E-state index in [9.17, 15) is 0 Å². The fourth-order valence-corrected chi connectivity index (χ4v) is 3.38. The van der Waals surface area contributed by atoms with Gasteiger partial charge in [-0.2, -0.15) is 0 Å². The second-order valence-corrected chi connectivity index (χ2v) is 6.73. The number of guanidine groups is 1. The maximum atomic E-state index is 5.37. The van der Waals surface area contributed by atoms with E-state index in [1.54, 1.807) is 14.2 Å². The number of hydrogen-bond acceptors (Lipinski definition) is 4. The number of halogens is 1. The van der Waals surface area contributed by atoms with Gasteiger partial charge in [0.1, 0.15) is 0 Å². The third-order valence-electron chi connectivity index (χ3n) is 4.91. The number of ether oxygens (including phenoxy) is 2. The molecule has 6 nitrogen and oxygen atoms in total. The van der Waals surface area contributed by atoms with Gasteiger partial charge in [-0.15, -0.1) is 24.0 Å². The Balaban J connectivity index is 0.00000364. The van der Waals surface area contributed by atoms with Crippen LogP contribution in [-0.4, -0.2) is 57.8 Å². The molecule has 0 aromatic heterocycles. The van der Waals surface area contributed by atoms with Gasteiger partial charge in [-0.3, -0.25) is 4.99 Å². The summed E-state index contributed by atoms with van der Waals surface area (Å²) < 4.78 is 10.7. The van der Waals surface area contributed by atoms with Crippen molar-refractivity contribution in [1.82, 2.24) is 10.2 Å². The molecule has 2 rings (SSSR count). The van der Waals surface area contributed by atoms with Crippen LogP contribution in [-0.2, 0) is 0 Å². The number of rotatable bonds is 8. The highest BCUT2D eigenvalue weighted by molar-refractivity contribution is 14.0. The molecule has 1 aliphatic carbocycles. The van der Waals surface area contributed by atoms with Crippen LogP contribution in [0.2, 0.25) is 0 Å². The first-order valence-electron chi connectivity index (χ1n) is 9.65. The molecule has 0 bridgehead atoms. The zero-order valence-electron chi connectivity index (χ0n) is 17.1. The van der Waals surface area contributed by atoms with E-state index in [4.69, 9.17) is 14.5 Å². The zero-order valence-corrected chi connectivity index (χ0v) is 19.4. The van der Waals surface area contributed by atoms with Gasteiger partial charge < -0.3 is 25.0 Å². The summed E-state index contributed by atoms with van der Waals surface area (Å²) in [6.45, 7) is 4.64. The van der Waals surface area contributed by atoms with Crippen LogP contribution >= 0.6 is 24.0 Å². The lowest BCUT2D eigenvalue weighted by molar-refractivity contribution is 0.196. The third-order valence-corrected chi connectivity index (χ3v) is 4.91. The van der Waals surface area contributed by atoms with Crippen LogP contribution in [0.4, 0.5) is 5.69 Å². The van der Waals surface area contributed by atoms with E-state index in [1.807, 2.05) is 18.2 Å². The van der Waals surface area contributed by atoms with Crippen LogP contribution < -0.4 is 20.1 Å². The lowest BCUT2D eigenvalue weighted by Crippen LogP contribution is -2.36. The van der Waals surface area contributed by atoms with Crippen molar-refractivity contribution in [2.24, 2.45) is 4.99 Å². The molecule has 0 atom stereocenters. The highest BCUT2D eigenvalue weighted by Gasteiger charge is 2.17. The van der Waals surface area contributed by atoms with Crippen molar-refractivity contribution in [3.8, 4) is 11.5 Å². The number of aliphatic imine (C=N–C) groups is 1. The maximum absolute atomic E-state index is 5.37. The molecule has 1 fully saturated rings. The normalized spacial score (nSPS) is 15.2. The van der Waals surface area contributed by atoms with Crippen LogP contribution in [0.3, 0.4) is 0 Å². The minimum atomic E-state index is 0. The van der Waals surface area contributed by atoms with E-state index >= 15 is 0 Å². The summed E-state index contributed by atoms with van der Waals surface area (Å²) in [7, 11) is 5.50. The summed E-state index contributed by atoms with van der Waals surface area (Å²) in [6, 6.07) is 6.49. The Bertz CT molecular complexity index is 577. The highest BCUT2D eigenvalue weighted by atomic mass is 127. The van der Waals surface area contributed by atoms with Crippen LogP contribution in [0.25, 0.3) is 0 Å². The third kappa shape index (κ3) is 7.73. The average Bonchev–Trinajstić information content (AvgIpc) is 2.68. The first-order chi connectivity index (χ1) is 12.7. The van der Waals surface area contributed by atoms with E-state index < -0.39 is 0 Å². The van der Waals surface area contributed by atoms with E-state index in [0.717, 1.165) is 37.3 Å². The van der Waals surface area contributed by atoms with Crippen LogP contribution in [0.15, 0.2) is 23.2 Å². The van der Waals surface area contributed by atoms with Gasteiger partial charge in [0.05, 0.1) is 20.8 Å². The molecule has 0 spiro atoms. The Labute approximate surface area is 181 Å². The Kier molecular flexibility index (Phi) is 11.5. The number of methoxy groups -OCH3 is 2. The minimum absolute atomic E-state index is 0.